The van der Waals surface area contributed by atoms with Crippen molar-refractivity contribution in [3.05, 3.63) is 65.9 Å². The Morgan fingerprint density at radius 3 is 2.59 bits per heavy atom. The Labute approximate surface area is 188 Å². The van der Waals surface area contributed by atoms with Gasteiger partial charge in [-0.05, 0) is 43.9 Å². The maximum absolute atomic E-state index is 12.9. The molecule has 32 heavy (non-hydrogen) atoms. The number of ether oxygens (including phenoxy) is 1. The fourth-order valence-electron chi connectivity index (χ4n) is 4.47. The zero-order chi connectivity index (χ0) is 22.5. The molecule has 6 nitrogen and oxygen atoms in total. The molecule has 0 radical (unpaired) electrons. The molecule has 4 rings (SSSR count). The van der Waals surface area contributed by atoms with Crippen molar-refractivity contribution in [2.75, 3.05) is 19.7 Å². The van der Waals surface area contributed by atoms with Crippen molar-refractivity contribution in [1.82, 2.24) is 15.2 Å². The smallest absolute Gasteiger partial charge is 0.270 e. The Hall–Kier alpha value is -3.28. The molecule has 1 aliphatic heterocycles. The minimum Gasteiger partial charge on any atom is -0.494 e. The number of nitrogens with one attached hydrogen (secondary N) is 2. The number of likely N-dealkylation sites (tertiary alicyclic amines) is 1. The fourth-order valence-corrected chi connectivity index (χ4v) is 4.47. The molecule has 0 saturated carbocycles. The second kappa shape index (κ2) is 9.90. The highest BCUT2D eigenvalue weighted by Crippen LogP contribution is 2.27. The van der Waals surface area contributed by atoms with E-state index in [0.29, 0.717) is 31.9 Å². The Balaban J connectivity index is 1.29. The third-order valence-corrected chi connectivity index (χ3v) is 6.43. The molecule has 0 bridgehead atoms. The van der Waals surface area contributed by atoms with E-state index in [9.17, 15) is 9.59 Å². The number of aromatic nitrogens is 1. The van der Waals surface area contributed by atoms with E-state index in [1.54, 1.807) is 0 Å². The number of carbonyl (C=O) groups excluding carboxylic acids is 2. The summed E-state index contributed by atoms with van der Waals surface area (Å²) in [6, 6.07) is 17.6. The monoisotopic (exact) mass is 433 g/mol. The minimum atomic E-state index is -0.0976. The Morgan fingerprint density at radius 2 is 1.84 bits per heavy atom. The number of hydrogen-bond donors (Lipinski definition) is 2. The van der Waals surface area contributed by atoms with Gasteiger partial charge in [-0.1, -0.05) is 43.3 Å². The van der Waals surface area contributed by atoms with Crippen LogP contribution in [0, 0.1) is 11.8 Å². The van der Waals surface area contributed by atoms with Crippen molar-refractivity contribution in [2.45, 2.75) is 33.2 Å². The number of nitrogens with zero attached hydrogens (tertiary/aromatic N) is 1. The number of piperidine rings is 1. The predicted octanol–water partition coefficient (Wildman–Crippen LogP) is 4.37. The lowest BCUT2D eigenvalue weighted by molar-refractivity contribution is -0.126. The summed E-state index contributed by atoms with van der Waals surface area (Å²) in [6.07, 6.45) is 1.66. The molecule has 1 atom stereocenters. The highest BCUT2D eigenvalue weighted by atomic mass is 16.5. The largest absolute Gasteiger partial charge is 0.494 e. The van der Waals surface area contributed by atoms with E-state index >= 15 is 0 Å². The first-order valence-corrected chi connectivity index (χ1v) is 11.4. The minimum absolute atomic E-state index is 0.0317. The number of hydrogen-bond acceptors (Lipinski definition) is 3. The zero-order valence-electron chi connectivity index (χ0n) is 18.8. The molecule has 2 heterocycles. The number of fused-ring (bicyclic) bond motifs is 1. The predicted molar refractivity (Wildman–Crippen MR) is 126 cm³/mol. The molecule has 1 saturated heterocycles. The van der Waals surface area contributed by atoms with Crippen LogP contribution in [-0.4, -0.2) is 41.4 Å². The van der Waals surface area contributed by atoms with Crippen LogP contribution >= 0.6 is 0 Å². The SMILES string of the molecule is CCOc1ccccc1CNC(=O)[C@@H](C)C1CCN(C(=O)c2cc3ccccc3[nH]2)CC1. The van der Waals surface area contributed by atoms with Crippen LogP contribution in [0.2, 0.25) is 0 Å². The molecular weight excluding hydrogens is 402 g/mol. The van der Waals surface area contributed by atoms with Crippen molar-refractivity contribution < 1.29 is 14.3 Å². The molecule has 0 spiro atoms. The van der Waals surface area contributed by atoms with Crippen molar-refractivity contribution in [2.24, 2.45) is 11.8 Å². The molecule has 0 unspecified atom stereocenters. The van der Waals surface area contributed by atoms with Gasteiger partial charge in [0.05, 0.1) is 6.61 Å². The van der Waals surface area contributed by atoms with Crippen molar-refractivity contribution >= 4 is 22.7 Å². The average Bonchev–Trinajstić information content (AvgIpc) is 3.27. The molecule has 168 valence electrons. The van der Waals surface area contributed by atoms with E-state index in [4.69, 9.17) is 4.74 Å². The third-order valence-electron chi connectivity index (χ3n) is 6.43. The second-order valence-corrected chi connectivity index (χ2v) is 8.45. The van der Waals surface area contributed by atoms with Gasteiger partial charge < -0.3 is 19.9 Å². The van der Waals surface area contributed by atoms with Gasteiger partial charge in [0.15, 0.2) is 0 Å². The summed E-state index contributed by atoms with van der Waals surface area (Å²) >= 11 is 0. The van der Waals surface area contributed by atoms with Gasteiger partial charge in [-0.2, -0.15) is 0 Å². The van der Waals surface area contributed by atoms with Crippen molar-refractivity contribution in [3.63, 3.8) is 0 Å². The number of benzene rings is 2. The van der Waals surface area contributed by atoms with E-state index in [0.717, 1.165) is 35.1 Å². The summed E-state index contributed by atoms with van der Waals surface area (Å²) in [5, 5.41) is 4.11. The van der Waals surface area contributed by atoms with E-state index in [2.05, 4.69) is 10.3 Å². The van der Waals surface area contributed by atoms with Crippen LogP contribution in [0.25, 0.3) is 10.9 Å². The maximum atomic E-state index is 12.9. The highest BCUT2D eigenvalue weighted by molar-refractivity contribution is 5.98. The number of amides is 2. The lowest BCUT2D eigenvalue weighted by Gasteiger charge is -2.34. The van der Waals surface area contributed by atoms with Gasteiger partial charge in [0.1, 0.15) is 11.4 Å². The summed E-state index contributed by atoms with van der Waals surface area (Å²) < 4.78 is 5.64. The van der Waals surface area contributed by atoms with E-state index < -0.39 is 0 Å². The van der Waals surface area contributed by atoms with Gasteiger partial charge in [0, 0.05) is 42.0 Å². The van der Waals surface area contributed by atoms with Gasteiger partial charge in [-0.15, -0.1) is 0 Å². The van der Waals surface area contributed by atoms with Crippen molar-refractivity contribution in [1.29, 1.82) is 0 Å². The number of carbonyl (C=O) groups is 2. The molecule has 0 aliphatic carbocycles. The zero-order valence-corrected chi connectivity index (χ0v) is 18.8. The first kappa shape index (κ1) is 21.9. The van der Waals surface area contributed by atoms with Crippen LogP contribution in [-0.2, 0) is 11.3 Å². The fraction of sp³-hybridized carbons (Fsp3) is 0.385. The van der Waals surface area contributed by atoms with E-state index in [1.165, 1.54) is 0 Å². The van der Waals surface area contributed by atoms with Gasteiger partial charge >= 0.3 is 0 Å². The number of para-hydroxylation sites is 2. The summed E-state index contributed by atoms with van der Waals surface area (Å²) in [7, 11) is 0. The summed E-state index contributed by atoms with van der Waals surface area (Å²) in [4.78, 5) is 30.8. The molecule has 3 aromatic rings. The molecule has 2 amide bonds. The second-order valence-electron chi connectivity index (χ2n) is 8.45. The first-order chi connectivity index (χ1) is 15.6. The first-order valence-electron chi connectivity index (χ1n) is 11.4. The number of H-pyrrole nitrogens is 1. The van der Waals surface area contributed by atoms with Crippen LogP contribution in [0.3, 0.4) is 0 Å². The van der Waals surface area contributed by atoms with Crippen molar-refractivity contribution in [3.8, 4) is 5.75 Å². The van der Waals surface area contributed by atoms with Crippen LogP contribution in [0.5, 0.6) is 5.75 Å². The Kier molecular flexibility index (Phi) is 6.78. The highest BCUT2D eigenvalue weighted by Gasteiger charge is 2.30. The molecule has 1 fully saturated rings. The van der Waals surface area contributed by atoms with Crippen LogP contribution in [0.4, 0.5) is 0 Å². The topological polar surface area (TPSA) is 74.4 Å². The molecule has 1 aliphatic rings. The molecule has 2 N–H and O–H groups in total. The molecular formula is C26H31N3O3. The van der Waals surface area contributed by atoms with Gasteiger partial charge in [0.25, 0.3) is 5.91 Å². The number of rotatable bonds is 7. The van der Waals surface area contributed by atoms with Crippen LogP contribution in [0.15, 0.2) is 54.6 Å². The third kappa shape index (κ3) is 4.79. The number of aromatic amines is 1. The van der Waals surface area contributed by atoms with E-state index in [1.807, 2.05) is 73.3 Å². The van der Waals surface area contributed by atoms with Crippen LogP contribution in [0.1, 0.15) is 42.7 Å². The lowest BCUT2D eigenvalue weighted by Crippen LogP contribution is -2.42. The average molecular weight is 434 g/mol. The molecule has 2 aromatic carbocycles. The van der Waals surface area contributed by atoms with Gasteiger partial charge in [0.2, 0.25) is 5.91 Å². The summed E-state index contributed by atoms with van der Waals surface area (Å²) in [5.74, 6) is 1.07. The summed E-state index contributed by atoms with van der Waals surface area (Å²) in [6.45, 7) is 6.33. The lowest BCUT2D eigenvalue weighted by atomic mass is 9.84. The van der Waals surface area contributed by atoms with Gasteiger partial charge in [-0.25, -0.2) is 0 Å². The Bertz CT molecular complexity index is 1050. The summed E-state index contributed by atoms with van der Waals surface area (Å²) in [5.41, 5.74) is 2.58. The van der Waals surface area contributed by atoms with Gasteiger partial charge in [-0.3, -0.25) is 9.59 Å². The standard InChI is InChI=1S/C26H31N3O3/c1-3-32-24-11-7-5-9-21(24)17-27-25(30)18(2)19-12-14-29(15-13-19)26(31)23-16-20-8-4-6-10-22(20)28-23/h4-11,16,18-19,28H,3,12-15,17H2,1-2H3,(H,27,30)/t18-/m0/s1. The maximum Gasteiger partial charge on any atom is 0.270 e. The quantitative estimate of drug-likeness (QED) is 0.581. The van der Waals surface area contributed by atoms with E-state index in [-0.39, 0.29) is 23.7 Å². The Morgan fingerprint density at radius 1 is 1.12 bits per heavy atom. The molecule has 1 aromatic heterocycles. The molecule has 6 heteroatoms. The van der Waals surface area contributed by atoms with Crippen LogP contribution < -0.4 is 10.1 Å². The normalized spacial score (nSPS) is 15.5.